The topological polar surface area (TPSA) is 133 Å². The minimum Gasteiger partial charge on any atom is -0.386 e. The number of aromatic nitrogens is 2. The summed E-state index contributed by atoms with van der Waals surface area (Å²) < 4.78 is 23.2. The quantitative estimate of drug-likeness (QED) is 0.176. The highest BCUT2D eigenvalue weighted by Gasteiger charge is 2.53. The molecule has 6 heterocycles. The number of carbonyl (C=O) groups excluding carboxylic acids is 1. The van der Waals surface area contributed by atoms with Crippen molar-refractivity contribution in [3.05, 3.63) is 69.4 Å². The first-order valence-corrected chi connectivity index (χ1v) is 21.0. The van der Waals surface area contributed by atoms with E-state index in [1.807, 2.05) is 33.8 Å². The van der Waals surface area contributed by atoms with Gasteiger partial charge < -0.3 is 23.6 Å². The van der Waals surface area contributed by atoms with Crippen molar-refractivity contribution in [2.24, 2.45) is 21.8 Å². The molecule has 10 nitrogen and oxygen atoms in total. The van der Waals surface area contributed by atoms with E-state index < -0.39 is 6.10 Å². The van der Waals surface area contributed by atoms with Gasteiger partial charge in [0.05, 0.1) is 40.1 Å². The van der Waals surface area contributed by atoms with Crippen molar-refractivity contribution in [1.82, 2.24) is 10.3 Å². The average molecular weight is 755 g/mol. The van der Waals surface area contributed by atoms with Gasteiger partial charge in [0.2, 0.25) is 0 Å². The fourth-order valence-electron chi connectivity index (χ4n) is 9.96. The second-order valence-electron chi connectivity index (χ2n) is 18.1. The van der Waals surface area contributed by atoms with Crippen molar-refractivity contribution in [3.63, 3.8) is 0 Å². The number of benzene rings is 2. The van der Waals surface area contributed by atoms with Crippen LogP contribution in [0.5, 0.6) is 0 Å². The van der Waals surface area contributed by atoms with Crippen LogP contribution in [0.25, 0.3) is 22.3 Å². The normalized spacial score (nSPS) is 25.2. The van der Waals surface area contributed by atoms with Crippen LogP contribution in [-0.2, 0) is 22.3 Å². The maximum atomic E-state index is 13.5. The Hall–Kier alpha value is -4.25. The molecule has 0 bridgehead atoms. The number of Topliss-reactive ketones (excluding diaryl/α,β-unsaturated/α-hetero) is 1. The summed E-state index contributed by atoms with van der Waals surface area (Å²) in [4.78, 5) is 23.4. The Labute approximate surface area is 327 Å². The molecule has 2 saturated heterocycles. The molecule has 0 radical (unpaired) electrons. The molecule has 12 rings (SSSR count). The monoisotopic (exact) mass is 754 g/mol. The molecule has 4 aliphatic heterocycles. The highest BCUT2D eigenvalue weighted by molar-refractivity contribution is 6.09. The molecule has 4 aliphatic carbocycles. The molecule has 4 saturated carbocycles. The molecule has 2 spiro atoms. The van der Waals surface area contributed by atoms with Gasteiger partial charge in [0.25, 0.3) is 0 Å². The molecule has 10 heteroatoms. The van der Waals surface area contributed by atoms with Gasteiger partial charge in [0.15, 0.2) is 5.78 Å². The standard InChI is InChI=1S/C23H26N2O3.C23H24N2O3/c2*1-12-20(13(2)28-25-12)15-9-16-11-18(14-3-4-14)24-21(16)17(10-15)22(26)19-5-6-23(27-19)7-8-23/h9-10,14,19,22,26H,3-8,11H2,1-2H3;9-10,14,19H,3-8,11H2,1-2H3/t19-,22?;19-/m11/s1. The molecule has 4 aromatic rings. The van der Waals surface area contributed by atoms with Gasteiger partial charge in [0.1, 0.15) is 23.7 Å². The van der Waals surface area contributed by atoms with Gasteiger partial charge in [-0.2, -0.15) is 0 Å². The maximum absolute atomic E-state index is 13.5. The number of nitrogens with zero attached hydrogens (tertiary/aromatic N) is 4. The van der Waals surface area contributed by atoms with Crippen LogP contribution in [0.1, 0.15) is 133 Å². The zero-order valence-electron chi connectivity index (χ0n) is 32.9. The summed E-state index contributed by atoms with van der Waals surface area (Å²) >= 11 is 0. The lowest BCUT2D eigenvalue weighted by atomic mass is 9.91. The second kappa shape index (κ2) is 12.6. The van der Waals surface area contributed by atoms with Crippen LogP contribution in [-0.4, -0.2) is 56.0 Å². The molecular formula is C46H50N4O6. The Kier molecular flexibility index (Phi) is 7.88. The smallest absolute Gasteiger partial charge is 0.193 e. The summed E-state index contributed by atoms with van der Waals surface area (Å²) in [7, 11) is 0. The zero-order chi connectivity index (χ0) is 38.1. The number of aryl methyl sites for hydroxylation is 4. The van der Waals surface area contributed by atoms with E-state index in [1.165, 1.54) is 42.7 Å². The third kappa shape index (κ3) is 6.05. The van der Waals surface area contributed by atoms with Crippen LogP contribution < -0.4 is 0 Å². The summed E-state index contributed by atoms with van der Waals surface area (Å²) in [6.07, 6.45) is 13.9. The van der Waals surface area contributed by atoms with Gasteiger partial charge in [-0.05, 0) is 163 Å². The summed E-state index contributed by atoms with van der Waals surface area (Å²) in [5.74, 6) is 2.93. The van der Waals surface area contributed by atoms with Gasteiger partial charge in [-0.15, -0.1) is 0 Å². The molecule has 0 amide bonds. The lowest BCUT2D eigenvalue weighted by Crippen LogP contribution is -2.22. The van der Waals surface area contributed by atoms with Gasteiger partial charge in [-0.1, -0.05) is 10.3 Å². The first-order valence-electron chi connectivity index (χ1n) is 21.0. The first-order chi connectivity index (χ1) is 27.1. The van der Waals surface area contributed by atoms with Crippen molar-refractivity contribution < 1.29 is 28.4 Å². The molecule has 56 heavy (non-hydrogen) atoms. The lowest BCUT2D eigenvalue weighted by molar-refractivity contribution is -0.0455. The van der Waals surface area contributed by atoms with Crippen LogP contribution in [0.4, 0.5) is 11.4 Å². The van der Waals surface area contributed by atoms with E-state index in [2.05, 4.69) is 28.5 Å². The zero-order valence-corrected chi connectivity index (χ0v) is 32.9. The van der Waals surface area contributed by atoms with Crippen LogP contribution in [0.3, 0.4) is 0 Å². The maximum Gasteiger partial charge on any atom is 0.193 e. The molecular weight excluding hydrogens is 705 g/mol. The Balaban J connectivity index is 0.000000130. The number of aliphatic hydroxyl groups is 1. The third-order valence-corrected chi connectivity index (χ3v) is 13.8. The Morgan fingerprint density at radius 3 is 1.73 bits per heavy atom. The minimum absolute atomic E-state index is 0.00516. The van der Waals surface area contributed by atoms with E-state index in [0.29, 0.717) is 17.4 Å². The molecule has 1 unspecified atom stereocenters. The van der Waals surface area contributed by atoms with Crippen molar-refractivity contribution in [1.29, 1.82) is 0 Å². The fourth-order valence-corrected chi connectivity index (χ4v) is 9.96. The molecule has 6 fully saturated rings. The number of aliphatic hydroxyl groups excluding tert-OH is 1. The van der Waals surface area contributed by atoms with E-state index in [1.54, 1.807) is 0 Å². The predicted molar refractivity (Wildman–Crippen MR) is 211 cm³/mol. The Morgan fingerprint density at radius 1 is 0.679 bits per heavy atom. The SMILES string of the molecule is Cc1noc(C)c1-c1cc2c(c(C(=O)[C@H]3CCC4(CC4)O3)c1)N=C(C1CC1)C2.Cc1noc(C)c1-c1cc2c(c(C(O)[C@H]3CCC4(CC4)O3)c1)N=C(C1CC1)C2. The highest BCUT2D eigenvalue weighted by atomic mass is 16.5. The Morgan fingerprint density at radius 2 is 1.21 bits per heavy atom. The predicted octanol–water partition coefficient (Wildman–Crippen LogP) is 9.63. The van der Waals surface area contributed by atoms with E-state index in [0.717, 1.165) is 132 Å². The second-order valence-corrected chi connectivity index (χ2v) is 18.1. The summed E-state index contributed by atoms with van der Waals surface area (Å²) in [6.45, 7) is 7.79. The summed E-state index contributed by atoms with van der Waals surface area (Å²) in [6, 6.07) is 8.48. The number of carbonyl (C=O) groups is 1. The molecule has 8 aliphatic rings. The van der Waals surface area contributed by atoms with Gasteiger partial charge in [-0.3, -0.25) is 14.8 Å². The molecule has 2 aromatic heterocycles. The summed E-state index contributed by atoms with van der Waals surface area (Å²) in [5, 5.41) is 19.5. The number of ether oxygens (including phenoxy) is 2. The van der Waals surface area contributed by atoms with Crippen molar-refractivity contribution in [2.75, 3.05) is 0 Å². The largest absolute Gasteiger partial charge is 0.386 e. The van der Waals surface area contributed by atoms with Crippen LogP contribution >= 0.6 is 0 Å². The Bertz CT molecular complexity index is 2330. The van der Waals surface area contributed by atoms with Crippen LogP contribution in [0.15, 0.2) is 43.3 Å². The van der Waals surface area contributed by atoms with Crippen LogP contribution in [0.2, 0.25) is 0 Å². The van der Waals surface area contributed by atoms with Crippen molar-refractivity contribution >= 4 is 28.6 Å². The van der Waals surface area contributed by atoms with E-state index in [9.17, 15) is 9.90 Å². The number of aliphatic imine (C=N–C) groups is 2. The van der Waals surface area contributed by atoms with E-state index in [-0.39, 0.29) is 29.2 Å². The minimum atomic E-state index is -0.642. The van der Waals surface area contributed by atoms with Crippen molar-refractivity contribution in [3.8, 4) is 22.3 Å². The first kappa shape index (κ1) is 35.0. The summed E-state index contributed by atoms with van der Waals surface area (Å²) in [5.41, 5.74) is 14.3. The fraction of sp³-hybridized carbons (Fsp3) is 0.543. The molecule has 1 N–H and O–H groups in total. The molecule has 290 valence electrons. The number of fused-ring (bicyclic) bond motifs is 2. The number of hydrogen-bond acceptors (Lipinski definition) is 10. The number of rotatable bonds is 8. The van der Waals surface area contributed by atoms with Gasteiger partial charge in [0, 0.05) is 46.5 Å². The van der Waals surface area contributed by atoms with E-state index in [4.69, 9.17) is 28.5 Å². The highest BCUT2D eigenvalue weighted by Crippen LogP contribution is 2.54. The lowest BCUT2D eigenvalue weighted by Gasteiger charge is -2.22. The average Bonchev–Trinajstić information content (AvgIpc) is 4.15. The van der Waals surface area contributed by atoms with E-state index >= 15 is 0 Å². The van der Waals surface area contributed by atoms with Crippen molar-refractivity contribution in [2.45, 2.75) is 147 Å². The molecule has 3 atom stereocenters. The van der Waals surface area contributed by atoms with Gasteiger partial charge in [-0.25, -0.2) is 0 Å². The number of hydrogen-bond donors (Lipinski definition) is 1. The third-order valence-electron chi connectivity index (χ3n) is 13.8. The molecule has 2 aromatic carbocycles. The number of ketones is 1. The van der Waals surface area contributed by atoms with Gasteiger partial charge >= 0.3 is 0 Å². The van der Waals surface area contributed by atoms with Crippen LogP contribution in [0, 0.1) is 39.5 Å².